The van der Waals surface area contributed by atoms with Crippen LogP contribution in [0.1, 0.15) is 36.3 Å². The molecular weight excluding hydrogens is 398 g/mol. The van der Waals surface area contributed by atoms with Crippen LogP contribution >= 0.6 is 23.1 Å². The van der Waals surface area contributed by atoms with Gasteiger partial charge in [-0.25, -0.2) is 9.97 Å². The lowest BCUT2D eigenvalue weighted by atomic mass is 9.90. The number of aromatic nitrogens is 2. The molecule has 0 saturated heterocycles. The molecule has 4 aromatic rings. The first-order valence-corrected chi connectivity index (χ1v) is 11.7. The monoisotopic (exact) mass is 421 g/mol. The lowest BCUT2D eigenvalue weighted by molar-refractivity contribution is -0.0542. The van der Waals surface area contributed by atoms with E-state index in [-0.39, 0.29) is 5.60 Å². The SMILES string of the molecule is CC[C@@]1(C)Cc2c(sc3nc(SCc4ccc5ccccc5c4)nc(N)c23)CO1. The largest absolute Gasteiger partial charge is 0.383 e. The molecular formula is C23H23N3OS2. The first-order valence-electron chi connectivity index (χ1n) is 9.87. The van der Waals surface area contributed by atoms with Gasteiger partial charge in [-0.1, -0.05) is 61.2 Å². The second-order valence-electron chi connectivity index (χ2n) is 7.81. The summed E-state index contributed by atoms with van der Waals surface area (Å²) in [7, 11) is 0. The molecule has 0 amide bonds. The summed E-state index contributed by atoms with van der Waals surface area (Å²) in [6.07, 6.45) is 1.85. The summed E-state index contributed by atoms with van der Waals surface area (Å²) >= 11 is 3.33. The average Bonchev–Trinajstić information content (AvgIpc) is 3.10. The third-order valence-electron chi connectivity index (χ3n) is 5.77. The minimum Gasteiger partial charge on any atom is -0.383 e. The number of ether oxygens (including phenoxy) is 1. The van der Waals surface area contributed by atoms with E-state index in [4.69, 9.17) is 15.5 Å². The van der Waals surface area contributed by atoms with Gasteiger partial charge in [0.25, 0.3) is 0 Å². The second kappa shape index (κ2) is 7.27. The van der Waals surface area contributed by atoms with Crippen LogP contribution in [0.15, 0.2) is 47.6 Å². The van der Waals surface area contributed by atoms with Crippen LogP contribution in [0.4, 0.5) is 5.82 Å². The lowest BCUT2D eigenvalue weighted by Gasteiger charge is -2.33. The van der Waals surface area contributed by atoms with Crippen molar-refractivity contribution in [2.24, 2.45) is 0 Å². The number of benzene rings is 2. The fraction of sp³-hybridized carbons (Fsp3) is 0.304. The number of hydrogen-bond donors (Lipinski definition) is 1. The maximum atomic E-state index is 6.40. The molecule has 0 radical (unpaired) electrons. The highest BCUT2D eigenvalue weighted by Crippen LogP contribution is 2.41. The van der Waals surface area contributed by atoms with Gasteiger partial charge in [0, 0.05) is 17.1 Å². The van der Waals surface area contributed by atoms with Gasteiger partial charge in [-0.05, 0) is 35.2 Å². The van der Waals surface area contributed by atoms with Gasteiger partial charge in [-0.15, -0.1) is 11.3 Å². The molecule has 0 spiro atoms. The van der Waals surface area contributed by atoms with Gasteiger partial charge in [0.15, 0.2) is 5.16 Å². The summed E-state index contributed by atoms with van der Waals surface area (Å²) in [4.78, 5) is 11.7. The van der Waals surface area contributed by atoms with E-state index in [2.05, 4.69) is 61.3 Å². The summed E-state index contributed by atoms with van der Waals surface area (Å²) in [6.45, 7) is 4.98. The van der Waals surface area contributed by atoms with Crippen LogP contribution in [0, 0.1) is 0 Å². The molecule has 2 aromatic carbocycles. The normalized spacial score (nSPS) is 19.0. The minimum absolute atomic E-state index is 0.128. The van der Waals surface area contributed by atoms with Crippen LogP contribution in [-0.2, 0) is 23.5 Å². The van der Waals surface area contributed by atoms with Gasteiger partial charge in [0.2, 0.25) is 0 Å². The number of nitrogen functional groups attached to an aromatic ring is 1. The van der Waals surface area contributed by atoms with Crippen LogP contribution in [0.3, 0.4) is 0 Å². The Morgan fingerprint density at radius 1 is 1.17 bits per heavy atom. The van der Waals surface area contributed by atoms with Crippen LogP contribution in [0.2, 0.25) is 0 Å². The van der Waals surface area contributed by atoms with E-state index in [0.29, 0.717) is 12.4 Å². The van der Waals surface area contributed by atoms with Gasteiger partial charge in [0.05, 0.1) is 17.6 Å². The smallest absolute Gasteiger partial charge is 0.191 e. The van der Waals surface area contributed by atoms with Crippen molar-refractivity contribution in [1.82, 2.24) is 9.97 Å². The molecule has 148 valence electrons. The first-order chi connectivity index (χ1) is 14.0. The van der Waals surface area contributed by atoms with E-state index in [1.165, 1.54) is 26.8 Å². The molecule has 0 bridgehead atoms. The maximum Gasteiger partial charge on any atom is 0.191 e. The van der Waals surface area contributed by atoms with Gasteiger partial charge in [-0.2, -0.15) is 0 Å². The molecule has 0 fully saturated rings. The standard InChI is InChI=1S/C23H23N3OS2/c1-3-23(2)11-17-18(12-27-23)29-21-19(17)20(24)25-22(26-21)28-13-14-8-9-15-6-4-5-7-16(15)10-14/h4-10H,3,11-13H2,1-2H3,(H2,24,25,26)/t23-/m0/s1. The van der Waals surface area contributed by atoms with Gasteiger partial charge in [-0.3, -0.25) is 0 Å². The van der Waals surface area contributed by atoms with E-state index in [9.17, 15) is 0 Å². The van der Waals surface area contributed by atoms with Gasteiger partial charge < -0.3 is 10.5 Å². The lowest BCUT2D eigenvalue weighted by Crippen LogP contribution is -2.33. The second-order valence-corrected chi connectivity index (χ2v) is 9.84. The van der Waals surface area contributed by atoms with E-state index < -0.39 is 0 Å². The Bertz CT molecular complexity index is 1220. The maximum absolute atomic E-state index is 6.40. The number of anilines is 1. The van der Waals surface area contributed by atoms with E-state index in [1.807, 2.05) is 0 Å². The van der Waals surface area contributed by atoms with Crippen molar-refractivity contribution in [3.05, 3.63) is 58.5 Å². The predicted octanol–water partition coefficient (Wildman–Crippen LogP) is 5.96. The van der Waals surface area contributed by atoms with Crippen molar-refractivity contribution in [3.8, 4) is 0 Å². The van der Waals surface area contributed by atoms with E-state index >= 15 is 0 Å². The Kier molecular flexibility index (Phi) is 4.73. The molecule has 0 saturated carbocycles. The Morgan fingerprint density at radius 3 is 2.83 bits per heavy atom. The molecule has 2 N–H and O–H groups in total. The van der Waals surface area contributed by atoms with Gasteiger partial charge >= 0.3 is 0 Å². The molecule has 0 aliphatic carbocycles. The van der Waals surface area contributed by atoms with Crippen molar-refractivity contribution < 1.29 is 4.74 Å². The summed E-state index contributed by atoms with van der Waals surface area (Å²) in [5.41, 5.74) is 8.81. The third kappa shape index (κ3) is 3.50. The zero-order chi connectivity index (χ0) is 20.0. The molecule has 4 nitrogen and oxygen atoms in total. The Morgan fingerprint density at radius 2 is 2.00 bits per heavy atom. The van der Waals surface area contributed by atoms with Crippen LogP contribution < -0.4 is 5.73 Å². The van der Waals surface area contributed by atoms with Crippen LogP contribution in [0.25, 0.3) is 21.0 Å². The molecule has 2 aromatic heterocycles. The summed E-state index contributed by atoms with van der Waals surface area (Å²) in [5, 5.41) is 4.28. The van der Waals surface area contributed by atoms with Crippen molar-refractivity contribution in [1.29, 1.82) is 0 Å². The molecule has 29 heavy (non-hydrogen) atoms. The molecule has 1 aliphatic heterocycles. The predicted molar refractivity (Wildman–Crippen MR) is 123 cm³/mol. The summed E-state index contributed by atoms with van der Waals surface area (Å²) < 4.78 is 6.10. The quantitative estimate of drug-likeness (QED) is 0.325. The fourth-order valence-electron chi connectivity index (χ4n) is 3.85. The molecule has 1 atom stereocenters. The van der Waals surface area contributed by atoms with Crippen molar-refractivity contribution >= 4 is 49.9 Å². The van der Waals surface area contributed by atoms with Crippen molar-refractivity contribution in [2.45, 2.75) is 49.8 Å². The zero-order valence-electron chi connectivity index (χ0n) is 16.6. The van der Waals surface area contributed by atoms with Crippen molar-refractivity contribution in [2.75, 3.05) is 5.73 Å². The average molecular weight is 422 g/mol. The van der Waals surface area contributed by atoms with Gasteiger partial charge in [0.1, 0.15) is 10.6 Å². The number of thiophene rings is 1. The summed E-state index contributed by atoms with van der Waals surface area (Å²) in [6, 6.07) is 15.0. The number of fused-ring (bicyclic) bond motifs is 4. The Labute approximate surface area is 178 Å². The van der Waals surface area contributed by atoms with Crippen LogP contribution in [-0.4, -0.2) is 15.6 Å². The number of thioether (sulfide) groups is 1. The molecule has 5 rings (SSSR count). The fourth-order valence-corrected chi connectivity index (χ4v) is 5.81. The van der Waals surface area contributed by atoms with Crippen LogP contribution in [0.5, 0.6) is 0 Å². The highest BCUT2D eigenvalue weighted by molar-refractivity contribution is 7.98. The number of nitrogens with zero attached hydrogens (tertiary/aromatic N) is 2. The minimum atomic E-state index is -0.128. The molecule has 3 heterocycles. The third-order valence-corrected chi connectivity index (χ3v) is 7.79. The number of nitrogens with two attached hydrogens (primary N) is 1. The van der Waals surface area contributed by atoms with E-state index in [0.717, 1.165) is 34.0 Å². The highest BCUT2D eigenvalue weighted by Gasteiger charge is 2.32. The zero-order valence-corrected chi connectivity index (χ0v) is 18.2. The first kappa shape index (κ1) is 18.9. The Hall–Kier alpha value is -2.15. The molecule has 0 unspecified atom stereocenters. The molecule has 6 heteroatoms. The topological polar surface area (TPSA) is 61.0 Å². The molecule has 1 aliphatic rings. The van der Waals surface area contributed by atoms with Crippen molar-refractivity contribution in [3.63, 3.8) is 0 Å². The summed E-state index contributed by atoms with van der Waals surface area (Å²) in [5.74, 6) is 1.41. The highest BCUT2D eigenvalue weighted by atomic mass is 32.2. The van der Waals surface area contributed by atoms with E-state index in [1.54, 1.807) is 23.1 Å². The Balaban J connectivity index is 1.42. The number of rotatable bonds is 4. The number of hydrogen-bond acceptors (Lipinski definition) is 6.